The van der Waals surface area contributed by atoms with E-state index in [2.05, 4.69) is 5.32 Å². The maximum Gasteiger partial charge on any atom is 0.339 e. The molecule has 6 heteroatoms. The number of rotatable bonds is 5. The molecular formula is C13H17ClN2O3. The maximum absolute atomic E-state index is 11.9. The van der Waals surface area contributed by atoms with E-state index in [1.54, 1.807) is 6.07 Å². The van der Waals surface area contributed by atoms with E-state index in [1.807, 2.05) is 13.8 Å². The second-order valence-corrected chi connectivity index (χ2v) is 5.10. The summed E-state index contributed by atoms with van der Waals surface area (Å²) in [5.41, 5.74) is 5.76. The molecule has 1 atom stereocenters. The Morgan fingerprint density at radius 3 is 2.58 bits per heavy atom. The van der Waals surface area contributed by atoms with Gasteiger partial charge in [0.05, 0.1) is 16.8 Å². The lowest BCUT2D eigenvalue weighted by molar-refractivity contribution is -0.117. The van der Waals surface area contributed by atoms with Crippen LogP contribution in [-0.4, -0.2) is 23.0 Å². The Morgan fingerprint density at radius 2 is 2.05 bits per heavy atom. The molecule has 0 heterocycles. The Balaban J connectivity index is 2.91. The van der Waals surface area contributed by atoms with Gasteiger partial charge in [-0.2, -0.15) is 0 Å². The van der Waals surface area contributed by atoms with Crippen LogP contribution in [0.25, 0.3) is 0 Å². The van der Waals surface area contributed by atoms with Crippen LogP contribution in [0.3, 0.4) is 0 Å². The molecule has 0 aliphatic heterocycles. The van der Waals surface area contributed by atoms with Crippen molar-refractivity contribution in [3.8, 4) is 0 Å². The van der Waals surface area contributed by atoms with Crippen LogP contribution in [0.15, 0.2) is 18.2 Å². The molecule has 0 aromatic heterocycles. The van der Waals surface area contributed by atoms with Crippen LogP contribution in [0.2, 0.25) is 5.02 Å². The maximum atomic E-state index is 11.9. The van der Waals surface area contributed by atoms with Crippen molar-refractivity contribution in [3.63, 3.8) is 0 Å². The van der Waals surface area contributed by atoms with Gasteiger partial charge in [-0.1, -0.05) is 31.5 Å². The van der Waals surface area contributed by atoms with Crippen molar-refractivity contribution in [3.05, 3.63) is 28.8 Å². The molecule has 0 aliphatic rings. The van der Waals surface area contributed by atoms with Crippen molar-refractivity contribution < 1.29 is 14.7 Å². The predicted octanol–water partition coefficient (Wildman–Crippen LogP) is 2.35. The molecule has 0 saturated heterocycles. The summed E-state index contributed by atoms with van der Waals surface area (Å²) in [4.78, 5) is 23.0. The van der Waals surface area contributed by atoms with E-state index >= 15 is 0 Å². The minimum Gasteiger partial charge on any atom is -0.478 e. The number of benzene rings is 1. The Kier molecular flexibility index (Phi) is 5.32. The predicted molar refractivity (Wildman–Crippen MR) is 74.5 cm³/mol. The summed E-state index contributed by atoms with van der Waals surface area (Å²) in [5.74, 6) is -1.34. The van der Waals surface area contributed by atoms with Gasteiger partial charge in [0, 0.05) is 0 Å². The molecule has 0 fully saturated rings. The van der Waals surface area contributed by atoms with Gasteiger partial charge in [-0.15, -0.1) is 0 Å². The fourth-order valence-electron chi connectivity index (χ4n) is 1.69. The van der Waals surface area contributed by atoms with Gasteiger partial charge in [0.15, 0.2) is 0 Å². The fourth-order valence-corrected chi connectivity index (χ4v) is 1.94. The van der Waals surface area contributed by atoms with Crippen LogP contribution in [0.1, 0.15) is 30.6 Å². The second kappa shape index (κ2) is 6.54. The number of nitrogens with one attached hydrogen (secondary N) is 1. The third kappa shape index (κ3) is 4.22. The van der Waals surface area contributed by atoms with Crippen LogP contribution in [-0.2, 0) is 4.79 Å². The molecule has 1 rings (SSSR count). The fraction of sp³-hybridized carbons (Fsp3) is 0.385. The number of hydrogen-bond acceptors (Lipinski definition) is 3. The number of carboxylic acids is 1. The van der Waals surface area contributed by atoms with E-state index < -0.39 is 17.9 Å². The van der Waals surface area contributed by atoms with Gasteiger partial charge >= 0.3 is 5.97 Å². The van der Waals surface area contributed by atoms with Gasteiger partial charge in [0.25, 0.3) is 0 Å². The van der Waals surface area contributed by atoms with Crippen molar-refractivity contribution in [2.24, 2.45) is 11.7 Å². The van der Waals surface area contributed by atoms with Crippen molar-refractivity contribution in [2.45, 2.75) is 26.3 Å². The smallest absolute Gasteiger partial charge is 0.339 e. The molecule has 0 spiro atoms. The SMILES string of the molecule is CC(C)CC(N)C(=O)Nc1cccc(Cl)c1C(=O)O. The number of hydrogen-bond donors (Lipinski definition) is 3. The molecule has 19 heavy (non-hydrogen) atoms. The summed E-state index contributed by atoms with van der Waals surface area (Å²) in [6, 6.07) is 3.82. The molecular weight excluding hydrogens is 268 g/mol. The zero-order chi connectivity index (χ0) is 14.6. The summed E-state index contributed by atoms with van der Waals surface area (Å²) in [6.45, 7) is 3.91. The first-order valence-electron chi connectivity index (χ1n) is 5.91. The lowest BCUT2D eigenvalue weighted by Crippen LogP contribution is -2.37. The Morgan fingerprint density at radius 1 is 1.42 bits per heavy atom. The summed E-state index contributed by atoms with van der Waals surface area (Å²) in [7, 11) is 0. The molecule has 1 aromatic carbocycles. The number of carbonyl (C=O) groups excluding carboxylic acids is 1. The number of carboxylic acid groups (broad SMARTS) is 1. The van der Waals surface area contributed by atoms with Gasteiger partial charge in [0.1, 0.15) is 5.56 Å². The second-order valence-electron chi connectivity index (χ2n) is 4.69. The Labute approximate surface area is 116 Å². The van der Waals surface area contributed by atoms with Gasteiger partial charge in [-0.3, -0.25) is 4.79 Å². The summed E-state index contributed by atoms with van der Waals surface area (Å²) >= 11 is 5.81. The van der Waals surface area contributed by atoms with E-state index in [4.69, 9.17) is 22.4 Å². The molecule has 0 radical (unpaired) electrons. The Bertz CT molecular complexity index is 489. The zero-order valence-electron chi connectivity index (χ0n) is 10.8. The van der Waals surface area contributed by atoms with E-state index in [0.717, 1.165) is 0 Å². The van der Waals surface area contributed by atoms with E-state index in [1.165, 1.54) is 12.1 Å². The minimum atomic E-state index is -1.20. The zero-order valence-corrected chi connectivity index (χ0v) is 11.6. The van der Waals surface area contributed by atoms with Crippen LogP contribution in [0, 0.1) is 5.92 Å². The number of amides is 1. The number of halogens is 1. The lowest BCUT2D eigenvalue weighted by atomic mass is 10.0. The topological polar surface area (TPSA) is 92.4 Å². The first kappa shape index (κ1) is 15.5. The largest absolute Gasteiger partial charge is 0.478 e. The summed E-state index contributed by atoms with van der Waals surface area (Å²) in [6.07, 6.45) is 0.523. The molecule has 0 saturated carbocycles. The highest BCUT2D eigenvalue weighted by Crippen LogP contribution is 2.24. The van der Waals surface area contributed by atoms with Crippen LogP contribution in [0.5, 0.6) is 0 Å². The summed E-state index contributed by atoms with van der Waals surface area (Å²) in [5, 5.41) is 11.7. The average Bonchev–Trinajstić information content (AvgIpc) is 2.27. The molecule has 1 amide bonds. The highest BCUT2D eigenvalue weighted by atomic mass is 35.5. The molecule has 0 aliphatic carbocycles. The number of carbonyl (C=O) groups is 2. The number of nitrogens with two attached hydrogens (primary N) is 1. The first-order valence-corrected chi connectivity index (χ1v) is 6.29. The normalized spacial score (nSPS) is 12.3. The highest BCUT2D eigenvalue weighted by Gasteiger charge is 2.19. The van der Waals surface area contributed by atoms with Crippen molar-refractivity contribution in [1.82, 2.24) is 0 Å². The standard InChI is InChI=1S/C13H17ClN2O3/c1-7(2)6-9(15)12(17)16-10-5-3-4-8(14)11(10)13(18)19/h3-5,7,9H,6,15H2,1-2H3,(H,16,17)(H,18,19). The third-order valence-electron chi connectivity index (χ3n) is 2.55. The molecule has 0 bridgehead atoms. The quantitative estimate of drug-likeness (QED) is 0.774. The molecule has 1 unspecified atom stereocenters. The third-order valence-corrected chi connectivity index (χ3v) is 2.86. The Hall–Kier alpha value is -1.59. The average molecular weight is 285 g/mol. The van der Waals surface area contributed by atoms with Crippen LogP contribution < -0.4 is 11.1 Å². The highest BCUT2D eigenvalue weighted by molar-refractivity contribution is 6.34. The van der Waals surface area contributed by atoms with E-state index in [-0.39, 0.29) is 22.2 Å². The minimum absolute atomic E-state index is 0.0720. The molecule has 4 N–H and O–H groups in total. The molecule has 104 valence electrons. The van der Waals surface area contributed by atoms with Crippen molar-refractivity contribution in [1.29, 1.82) is 0 Å². The molecule has 1 aromatic rings. The number of anilines is 1. The summed E-state index contributed by atoms with van der Waals surface area (Å²) < 4.78 is 0. The lowest BCUT2D eigenvalue weighted by Gasteiger charge is -2.15. The monoisotopic (exact) mass is 284 g/mol. The van der Waals surface area contributed by atoms with E-state index in [9.17, 15) is 9.59 Å². The van der Waals surface area contributed by atoms with Gasteiger partial charge in [-0.05, 0) is 24.5 Å². The first-order chi connectivity index (χ1) is 8.82. The van der Waals surface area contributed by atoms with Crippen molar-refractivity contribution in [2.75, 3.05) is 5.32 Å². The van der Waals surface area contributed by atoms with Gasteiger partial charge in [-0.25, -0.2) is 4.79 Å². The number of aromatic carboxylic acids is 1. The van der Waals surface area contributed by atoms with Crippen molar-refractivity contribution >= 4 is 29.2 Å². The van der Waals surface area contributed by atoms with Gasteiger partial charge in [0.2, 0.25) is 5.91 Å². The molecule has 5 nitrogen and oxygen atoms in total. The van der Waals surface area contributed by atoms with Crippen LogP contribution >= 0.6 is 11.6 Å². The van der Waals surface area contributed by atoms with Gasteiger partial charge < -0.3 is 16.2 Å². The van der Waals surface area contributed by atoms with E-state index in [0.29, 0.717) is 6.42 Å². The van der Waals surface area contributed by atoms with Crippen LogP contribution in [0.4, 0.5) is 5.69 Å².